The van der Waals surface area contributed by atoms with E-state index >= 15 is 0 Å². The first kappa shape index (κ1) is 11.5. The van der Waals surface area contributed by atoms with E-state index < -0.39 is 0 Å². The summed E-state index contributed by atoms with van der Waals surface area (Å²) in [7, 11) is 0. The van der Waals surface area contributed by atoms with Gasteiger partial charge in [0.15, 0.2) is 0 Å². The third kappa shape index (κ3) is 10.5. The molecule has 0 N–H and O–H groups in total. The topological polar surface area (TPSA) is 0 Å². The third-order valence-electron chi connectivity index (χ3n) is 2.21. The Morgan fingerprint density at radius 3 is 1.55 bits per heavy atom. The number of rotatable bonds is 8. The molecule has 0 amide bonds. The van der Waals surface area contributed by atoms with E-state index in [0.717, 1.165) is 0 Å². The van der Waals surface area contributed by atoms with Gasteiger partial charge in [0.25, 0.3) is 0 Å². The zero-order chi connectivity index (χ0) is 8.36. The van der Waals surface area contributed by atoms with Gasteiger partial charge >= 0.3 is 0 Å². The molecule has 0 aromatic carbocycles. The van der Waals surface area contributed by atoms with Crippen molar-refractivity contribution in [2.45, 2.75) is 62.9 Å². The van der Waals surface area contributed by atoms with Gasteiger partial charge in [-0.15, -0.1) is 0 Å². The lowest BCUT2D eigenvalue weighted by Crippen LogP contribution is -1.88. The molecule has 0 fully saturated rings. The van der Waals surface area contributed by atoms with Crippen molar-refractivity contribution in [3.8, 4) is 0 Å². The highest BCUT2D eigenvalue weighted by Crippen LogP contribution is 2.04. The highest BCUT2D eigenvalue weighted by atomic mass is 27.1. The van der Waals surface area contributed by atoms with Crippen molar-refractivity contribution < 1.29 is 0 Å². The van der Waals surface area contributed by atoms with E-state index in [9.17, 15) is 0 Å². The predicted octanol–water partition coefficient (Wildman–Crippen LogP) is 3.64. The maximum atomic E-state index is 2.29. The Balaban J connectivity index is 2.69. The number of hydrogen-bond acceptors (Lipinski definition) is 0. The summed E-state index contributed by atoms with van der Waals surface area (Å²) in [6.07, 6.45) is 8.78. The molecule has 0 nitrogen and oxygen atoms in total. The quantitative estimate of drug-likeness (QED) is 0.385. The molecule has 0 aromatic heterocycles. The van der Waals surface area contributed by atoms with E-state index in [1.54, 1.807) is 10.6 Å². The van der Waals surface area contributed by atoms with Crippen molar-refractivity contribution in [3.63, 3.8) is 0 Å². The van der Waals surface area contributed by atoms with Gasteiger partial charge in [0.1, 0.15) is 0 Å². The first-order valence-electron chi connectivity index (χ1n) is 5.41. The van der Waals surface area contributed by atoms with E-state index in [0.29, 0.717) is 15.2 Å². The summed E-state index contributed by atoms with van der Waals surface area (Å²) in [6, 6.07) is 0. The number of unbranched alkanes of at least 4 members (excludes halogenated alkanes) is 4. The maximum absolute atomic E-state index is 2.29. The molecule has 66 valence electrons. The lowest BCUT2D eigenvalue weighted by atomic mass is 10.3. The van der Waals surface area contributed by atoms with Crippen LogP contribution in [0.15, 0.2) is 0 Å². The van der Waals surface area contributed by atoms with Gasteiger partial charge in [0.05, 0.1) is 0 Å². The standard InChI is InChI=1S/2C5H11.Al.H/c2*1-3-5-4-2;;/h2*1,3-5H2,2H3;;. The van der Waals surface area contributed by atoms with E-state index in [-0.39, 0.29) is 0 Å². The Hall–Kier alpha value is 0.532. The van der Waals surface area contributed by atoms with Crippen molar-refractivity contribution in [1.82, 2.24) is 0 Å². The molecule has 1 heteroatoms. The first-order chi connectivity index (χ1) is 5.41. The lowest BCUT2D eigenvalue weighted by molar-refractivity contribution is 0.752. The van der Waals surface area contributed by atoms with Crippen LogP contribution >= 0.6 is 0 Å². The Kier molecular flexibility index (Phi) is 11.0. The molecule has 11 heavy (non-hydrogen) atoms. The molecule has 0 aliphatic rings. The van der Waals surface area contributed by atoms with Gasteiger partial charge in [-0.2, -0.15) is 0 Å². The van der Waals surface area contributed by atoms with Crippen molar-refractivity contribution in [3.05, 3.63) is 0 Å². The molecule has 0 radical (unpaired) electrons. The fourth-order valence-corrected chi connectivity index (χ4v) is 3.15. The summed E-state index contributed by atoms with van der Waals surface area (Å²) in [5.41, 5.74) is 0. The van der Waals surface area contributed by atoms with Crippen LogP contribution in [-0.4, -0.2) is 15.2 Å². The van der Waals surface area contributed by atoms with Crippen LogP contribution in [0, 0.1) is 0 Å². The molecular formula is C10H23Al. The Morgan fingerprint density at radius 1 is 0.727 bits per heavy atom. The second kappa shape index (κ2) is 10.5. The Labute approximate surface area is 78.5 Å². The van der Waals surface area contributed by atoms with Crippen LogP contribution in [0.1, 0.15) is 52.4 Å². The van der Waals surface area contributed by atoms with Crippen LogP contribution in [0.2, 0.25) is 10.6 Å². The molecule has 0 saturated heterocycles. The molecule has 0 bridgehead atoms. The zero-order valence-electron chi connectivity index (χ0n) is 8.36. The number of hydrogen-bond donors (Lipinski definition) is 0. The highest BCUT2D eigenvalue weighted by molar-refractivity contribution is 6.35. The van der Waals surface area contributed by atoms with Gasteiger partial charge in [-0.3, -0.25) is 0 Å². The second-order valence-electron chi connectivity index (χ2n) is 3.47. The molecule has 0 aliphatic carbocycles. The van der Waals surface area contributed by atoms with Crippen molar-refractivity contribution in [2.24, 2.45) is 0 Å². The average Bonchev–Trinajstić information content (AvgIpc) is 2.03. The molecule has 0 atom stereocenters. The zero-order valence-corrected chi connectivity index (χ0v) is 9.78. The summed E-state index contributed by atoms with van der Waals surface area (Å²) in [4.78, 5) is 0. The molecular weight excluding hydrogens is 147 g/mol. The normalized spacial score (nSPS) is 10.0. The highest BCUT2D eigenvalue weighted by Gasteiger charge is 1.92. The maximum Gasteiger partial charge on any atom is 0.236 e. The van der Waals surface area contributed by atoms with E-state index in [1.807, 2.05) is 0 Å². The minimum Gasteiger partial charge on any atom is -0.0972 e. The molecule has 0 saturated carbocycles. The van der Waals surface area contributed by atoms with Crippen molar-refractivity contribution >= 4 is 15.2 Å². The summed E-state index contributed by atoms with van der Waals surface area (Å²) in [5, 5.41) is 3.22. The molecule has 0 rings (SSSR count). The summed E-state index contributed by atoms with van der Waals surface area (Å²) in [6.45, 7) is 4.58. The van der Waals surface area contributed by atoms with Gasteiger partial charge in [-0.25, -0.2) is 0 Å². The van der Waals surface area contributed by atoms with Crippen molar-refractivity contribution in [2.75, 3.05) is 0 Å². The Morgan fingerprint density at radius 2 is 1.18 bits per heavy atom. The minimum absolute atomic E-state index is 0.371. The van der Waals surface area contributed by atoms with E-state index in [4.69, 9.17) is 0 Å². The van der Waals surface area contributed by atoms with Crippen LogP contribution in [-0.2, 0) is 0 Å². The largest absolute Gasteiger partial charge is 0.236 e. The SMILES string of the molecule is CCCC[CH2][AlH][CH2]CCCC. The van der Waals surface area contributed by atoms with Gasteiger partial charge in [0.2, 0.25) is 15.2 Å². The fourth-order valence-electron chi connectivity index (χ4n) is 1.38. The van der Waals surface area contributed by atoms with Crippen LogP contribution < -0.4 is 0 Å². The van der Waals surface area contributed by atoms with Crippen molar-refractivity contribution in [1.29, 1.82) is 0 Å². The predicted molar refractivity (Wildman–Crippen MR) is 55.8 cm³/mol. The van der Waals surface area contributed by atoms with E-state index in [1.165, 1.54) is 38.5 Å². The minimum atomic E-state index is 0.371. The molecule has 0 aliphatic heterocycles. The smallest absolute Gasteiger partial charge is 0.0972 e. The van der Waals surface area contributed by atoms with Gasteiger partial charge < -0.3 is 0 Å². The van der Waals surface area contributed by atoms with Gasteiger partial charge in [-0.05, 0) is 0 Å². The summed E-state index contributed by atoms with van der Waals surface area (Å²) in [5.74, 6) is 0. The molecule has 0 spiro atoms. The van der Waals surface area contributed by atoms with Crippen LogP contribution in [0.3, 0.4) is 0 Å². The first-order valence-corrected chi connectivity index (χ1v) is 7.41. The Bertz CT molecular complexity index is 53.9. The van der Waals surface area contributed by atoms with Gasteiger partial charge in [0, 0.05) is 0 Å². The molecule has 0 aromatic rings. The molecule has 0 unspecified atom stereocenters. The monoisotopic (exact) mass is 170 g/mol. The van der Waals surface area contributed by atoms with Crippen LogP contribution in [0.25, 0.3) is 0 Å². The molecule has 0 heterocycles. The third-order valence-corrected chi connectivity index (χ3v) is 4.21. The fraction of sp³-hybridized carbons (Fsp3) is 1.00. The average molecular weight is 170 g/mol. The van der Waals surface area contributed by atoms with Gasteiger partial charge in [-0.1, -0.05) is 62.9 Å². The van der Waals surface area contributed by atoms with Crippen LogP contribution in [0.5, 0.6) is 0 Å². The second-order valence-corrected chi connectivity index (χ2v) is 5.60. The van der Waals surface area contributed by atoms with E-state index in [2.05, 4.69) is 13.8 Å². The lowest BCUT2D eigenvalue weighted by Gasteiger charge is -1.96. The van der Waals surface area contributed by atoms with Crippen LogP contribution in [0.4, 0.5) is 0 Å². The summed E-state index contributed by atoms with van der Waals surface area (Å²) < 4.78 is 0. The summed E-state index contributed by atoms with van der Waals surface area (Å²) >= 11 is 0.371.